The van der Waals surface area contributed by atoms with E-state index in [0.717, 1.165) is 15.9 Å². The molecular formula is C13H13BrN4O. The highest BCUT2D eigenvalue weighted by Gasteiger charge is 2.09. The summed E-state index contributed by atoms with van der Waals surface area (Å²) in [5.74, 6) is 5.56. The predicted molar refractivity (Wildman–Crippen MR) is 78.9 cm³/mol. The number of aromatic nitrogens is 1. The molecule has 0 saturated carbocycles. The van der Waals surface area contributed by atoms with E-state index in [-0.39, 0.29) is 5.91 Å². The minimum Gasteiger partial charge on any atom is -0.322 e. The van der Waals surface area contributed by atoms with Gasteiger partial charge in [0.2, 0.25) is 0 Å². The van der Waals surface area contributed by atoms with Crippen molar-refractivity contribution in [3.63, 3.8) is 0 Å². The van der Waals surface area contributed by atoms with Gasteiger partial charge in [-0.15, -0.1) is 0 Å². The van der Waals surface area contributed by atoms with Crippen LogP contribution in [-0.4, -0.2) is 10.9 Å². The van der Waals surface area contributed by atoms with E-state index >= 15 is 0 Å². The zero-order chi connectivity index (χ0) is 13.8. The Hall–Kier alpha value is -1.92. The van der Waals surface area contributed by atoms with Crippen molar-refractivity contribution in [2.45, 2.75) is 6.92 Å². The van der Waals surface area contributed by atoms with Crippen LogP contribution < -0.4 is 16.6 Å². The van der Waals surface area contributed by atoms with Crippen LogP contribution in [0.15, 0.2) is 40.9 Å². The van der Waals surface area contributed by atoms with E-state index in [1.54, 1.807) is 19.1 Å². The Balaban J connectivity index is 2.22. The van der Waals surface area contributed by atoms with E-state index in [1.165, 1.54) is 0 Å². The first-order valence-corrected chi connectivity index (χ1v) is 6.40. The predicted octanol–water partition coefficient (Wildman–Crippen LogP) is 2.69. The van der Waals surface area contributed by atoms with Gasteiger partial charge >= 0.3 is 0 Å². The number of nitrogens with one attached hydrogen (secondary N) is 2. The molecule has 2 rings (SSSR count). The molecule has 0 aliphatic heterocycles. The zero-order valence-corrected chi connectivity index (χ0v) is 11.9. The third-order valence-electron chi connectivity index (χ3n) is 2.45. The maximum atomic E-state index is 12.1. The summed E-state index contributed by atoms with van der Waals surface area (Å²) in [6.45, 7) is 1.80. The molecule has 0 unspecified atom stereocenters. The van der Waals surface area contributed by atoms with Gasteiger partial charge in [0.1, 0.15) is 5.82 Å². The number of halogens is 1. The maximum Gasteiger partial charge on any atom is 0.255 e. The van der Waals surface area contributed by atoms with Crippen LogP contribution >= 0.6 is 15.9 Å². The molecule has 0 spiro atoms. The fourth-order valence-electron chi connectivity index (χ4n) is 1.64. The molecule has 1 aromatic carbocycles. The van der Waals surface area contributed by atoms with Crippen molar-refractivity contribution < 1.29 is 4.79 Å². The van der Waals surface area contributed by atoms with Gasteiger partial charge in [0.25, 0.3) is 5.91 Å². The molecule has 1 aromatic heterocycles. The van der Waals surface area contributed by atoms with Crippen LogP contribution in [0.2, 0.25) is 0 Å². The minimum atomic E-state index is -0.208. The first-order valence-electron chi connectivity index (χ1n) is 5.61. The number of benzene rings is 1. The first-order chi connectivity index (χ1) is 9.08. The monoisotopic (exact) mass is 320 g/mol. The highest BCUT2D eigenvalue weighted by molar-refractivity contribution is 9.10. The van der Waals surface area contributed by atoms with Crippen molar-refractivity contribution in [1.82, 2.24) is 4.98 Å². The quantitative estimate of drug-likeness (QED) is 0.600. The molecule has 5 nitrogen and oxygen atoms in total. The number of nitrogens with zero attached hydrogens (tertiary/aromatic N) is 1. The van der Waals surface area contributed by atoms with Gasteiger partial charge in [-0.3, -0.25) is 4.79 Å². The lowest BCUT2D eigenvalue weighted by Gasteiger charge is -2.08. The number of hydrazine groups is 1. The van der Waals surface area contributed by atoms with Gasteiger partial charge in [-0.2, -0.15) is 0 Å². The topological polar surface area (TPSA) is 80.0 Å². The molecule has 0 radical (unpaired) electrons. The molecule has 19 heavy (non-hydrogen) atoms. The van der Waals surface area contributed by atoms with Crippen LogP contribution in [0.5, 0.6) is 0 Å². The van der Waals surface area contributed by atoms with E-state index in [9.17, 15) is 4.79 Å². The molecule has 0 aliphatic rings. The van der Waals surface area contributed by atoms with Crippen molar-refractivity contribution >= 4 is 33.3 Å². The van der Waals surface area contributed by atoms with Gasteiger partial charge < -0.3 is 10.7 Å². The van der Waals surface area contributed by atoms with Crippen LogP contribution in [0.3, 0.4) is 0 Å². The number of amides is 1. The molecule has 0 bridgehead atoms. The average molecular weight is 321 g/mol. The van der Waals surface area contributed by atoms with Crippen molar-refractivity contribution in [3.05, 3.63) is 52.1 Å². The highest BCUT2D eigenvalue weighted by atomic mass is 79.9. The molecule has 6 heteroatoms. The molecule has 0 atom stereocenters. The summed E-state index contributed by atoms with van der Waals surface area (Å²) >= 11 is 3.35. The summed E-state index contributed by atoms with van der Waals surface area (Å²) in [5, 5.41) is 2.81. The van der Waals surface area contributed by atoms with Crippen molar-refractivity contribution in [2.75, 3.05) is 10.7 Å². The Kier molecular flexibility index (Phi) is 4.13. The number of pyridine rings is 1. The number of aryl methyl sites for hydroxylation is 1. The molecule has 4 N–H and O–H groups in total. The zero-order valence-electron chi connectivity index (χ0n) is 10.3. The Morgan fingerprint density at radius 2 is 2.11 bits per heavy atom. The summed E-state index contributed by atoms with van der Waals surface area (Å²) in [6.07, 6.45) is 0. The van der Waals surface area contributed by atoms with Gasteiger partial charge in [-0.1, -0.05) is 22.0 Å². The van der Waals surface area contributed by atoms with Crippen molar-refractivity contribution in [2.24, 2.45) is 5.84 Å². The first kappa shape index (κ1) is 13.5. The fourth-order valence-corrected chi connectivity index (χ4v) is 2.04. The summed E-state index contributed by atoms with van der Waals surface area (Å²) < 4.78 is 0.903. The van der Waals surface area contributed by atoms with E-state index in [0.29, 0.717) is 11.4 Å². The summed E-state index contributed by atoms with van der Waals surface area (Å²) in [7, 11) is 0. The Bertz CT molecular complexity index is 615. The number of anilines is 2. The number of rotatable bonds is 3. The van der Waals surface area contributed by atoms with Gasteiger partial charge in [0, 0.05) is 21.4 Å². The Morgan fingerprint density at radius 3 is 2.79 bits per heavy atom. The summed E-state index contributed by atoms with van der Waals surface area (Å²) in [6, 6.07) is 10.7. The van der Waals surface area contributed by atoms with Crippen LogP contribution in [0.1, 0.15) is 16.1 Å². The number of hydrogen-bond donors (Lipinski definition) is 3. The number of nitrogens with two attached hydrogens (primary N) is 1. The van der Waals surface area contributed by atoms with E-state index < -0.39 is 0 Å². The largest absolute Gasteiger partial charge is 0.322 e. The van der Waals surface area contributed by atoms with Gasteiger partial charge in [0.15, 0.2) is 0 Å². The van der Waals surface area contributed by atoms with E-state index in [1.807, 2.05) is 24.3 Å². The summed E-state index contributed by atoms with van der Waals surface area (Å²) in [5.41, 5.74) is 4.37. The van der Waals surface area contributed by atoms with Crippen LogP contribution in [-0.2, 0) is 0 Å². The normalized spacial score (nSPS) is 10.1. The van der Waals surface area contributed by atoms with Gasteiger partial charge in [0.05, 0.1) is 0 Å². The van der Waals surface area contributed by atoms with Crippen molar-refractivity contribution in [1.29, 1.82) is 0 Å². The molecular weight excluding hydrogens is 308 g/mol. The Morgan fingerprint density at radius 1 is 1.32 bits per heavy atom. The van der Waals surface area contributed by atoms with Crippen LogP contribution in [0.4, 0.5) is 11.5 Å². The number of carbonyl (C=O) groups excluding carboxylic acids is 1. The second-order valence-corrected chi connectivity index (χ2v) is 4.91. The van der Waals surface area contributed by atoms with Gasteiger partial charge in [-0.05, 0) is 37.3 Å². The second-order valence-electron chi connectivity index (χ2n) is 3.99. The third-order valence-corrected chi connectivity index (χ3v) is 2.94. The molecule has 0 saturated heterocycles. The SMILES string of the molecule is Cc1cc(C(=O)Nc2cccc(Br)c2)cc(NN)n1. The Labute approximate surface area is 119 Å². The lowest BCUT2D eigenvalue weighted by atomic mass is 10.2. The highest BCUT2D eigenvalue weighted by Crippen LogP contribution is 2.17. The van der Waals surface area contributed by atoms with Crippen LogP contribution in [0.25, 0.3) is 0 Å². The minimum absolute atomic E-state index is 0.208. The number of carbonyl (C=O) groups is 1. The molecule has 0 aliphatic carbocycles. The maximum absolute atomic E-state index is 12.1. The molecule has 0 fully saturated rings. The average Bonchev–Trinajstić information content (AvgIpc) is 2.38. The van der Waals surface area contributed by atoms with Crippen LogP contribution in [0, 0.1) is 6.92 Å². The summed E-state index contributed by atoms with van der Waals surface area (Å²) in [4.78, 5) is 16.3. The van der Waals surface area contributed by atoms with Crippen molar-refractivity contribution in [3.8, 4) is 0 Å². The fraction of sp³-hybridized carbons (Fsp3) is 0.0769. The molecule has 2 aromatic rings. The molecule has 1 heterocycles. The third kappa shape index (κ3) is 3.52. The van der Waals surface area contributed by atoms with E-state index in [4.69, 9.17) is 5.84 Å². The smallest absolute Gasteiger partial charge is 0.255 e. The second kappa shape index (κ2) is 5.81. The lowest BCUT2D eigenvalue weighted by molar-refractivity contribution is 0.102. The number of nitrogen functional groups attached to an aromatic ring is 1. The molecule has 98 valence electrons. The molecule has 1 amide bonds. The van der Waals surface area contributed by atoms with Gasteiger partial charge in [-0.25, -0.2) is 10.8 Å². The van der Waals surface area contributed by atoms with E-state index in [2.05, 4.69) is 31.7 Å². The lowest BCUT2D eigenvalue weighted by Crippen LogP contribution is -2.15. The standard InChI is InChI=1S/C13H13BrN4O/c1-8-5-9(6-12(16-8)18-15)13(19)17-11-4-2-3-10(14)7-11/h2-7H,15H2,1H3,(H,16,18)(H,17,19). The number of hydrogen-bond acceptors (Lipinski definition) is 4.